The van der Waals surface area contributed by atoms with Gasteiger partial charge < -0.3 is 15.1 Å². The van der Waals surface area contributed by atoms with Crippen molar-refractivity contribution < 1.29 is 4.79 Å². The molecule has 2 aromatic heterocycles. The average Bonchev–Trinajstić information content (AvgIpc) is 3.47. The van der Waals surface area contributed by atoms with Crippen LogP contribution in [0.4, 0.5) is 5.13 Å². The van der Waals surface area contributed by atoms with E-state index < -0.39 is 0 Å². The number of anilines is 1. The minimum Gasteiger partial charge on any atom is -0.345 e. The highest BCUT2D eigenvalue weighted by atomic mass is 32.1. The molecule has 1 unspecified atom stereocenters. The van der Waals surface area contributed by atoms with Crippen LogP contribution in [0.1, 0.15) is 28.4 Å². The zero-order valence-corrected chi connectivity index (χ0v) is 15.8. The van der Waals surface area contributed by atoms with Gasteiger partial charge in [-0.05, 0) is 25.1 Å². The molecule has 1 amide bonds. The summed E-state index contributed by atoms with van der Waals surface area (Å²) in [5, 5.41) is 11.6. The Balaban J connectivity index is 1.28. The monoisotopic (exact) mass is 382 g/mol. The van der Waals surface area contributed by atoms with E-state index in [0.29, 0.717) is 19.0 Å². The van der Waals surface area contributed by atoms with Gasteiger partial charge in [0, 0.05) is 38.6 Å². The number of nitrogens with zero attached hydrogens (tertiary/aromatic N) is 4. The van der Waals surface area contributed by atoms with Gasteiger partial charge in [0.2, 0.25) is 0 Å². The first-order valence-corrected chi connectivity index (χ1v) is 10.2. The Bertz CT molecular complexity index is 919. The number of rotatable bonds is 3. The lowest BCUT2D eigenvalue weighted by Crippen LogP contribution is -2.49. The second-order valence-electron chi connectivity index (χ2n) is 7.13. The molecule has 0 aliphatic carbocycles. The van der Waals surface area contributed by atoms with Crippen molar-refractivity contribution in [2.24, 2.45) is 0 Å². The van der Waals surface area contributed by atoms with Crippen molar-refractivity contribution in [2.45, 2.75) is 12.3 Å². The Morgan fingerprint density at radius 2 is 2.04 bits per heavy atom. The summed E-state index contributed by atoms with van der Waals surface area (Å²) in [6.07, 6.45) is 2.74. The topological polar surface area (TPSA) is 77.2 Å². The van der Waals surface area contributed by atoms with Crippen LogP contribution in [-0.2, 0) is 0 Å². The number of hydrogen-bond acceptors (Lipinski definition) is 6. The zero-order chi connectivity index (χ0) is 18.2. The van der Waals surface area contributed by atoms with Gasteiger partial charge in [-0.2, -0.15) is 5.10 Å². The molecule has 8 heteroatoms. The van der Waals surface area contributed by atoms with Gasteiger partial charge in [-0.1, -0.05) is 23.5 Å². The number of hydrogen-bond donors (Lipinski definition) is 2. The fraction of sp³-hybridized carbons (Fsp3) is 0.421. The number of fused-ring (bicyclic) bond motifs is 1. The number of aromatic nitrogens is 3. The molecule has 2 aliphatic rings. The summed E-state index contributed by atoms with van der Waals surface area (Å²) in [6.45, 7) is 4.95. The summed E-state index contributed by atoms with van der Waals surface area (Å²) >= 11 is 1.72. The van der Waals surface area contributed by atoms with Crippen LogP contribution in [0.15, 0.2) is 30.5 Å². The molecule has 3 aromatic rings. The van der Waals surface area contributed by atoms with E-state index in [1.54, 1.807) is 17.5 Å². The van der Waals surface area contributed by atoms with Gasteiger partial charge in [-0.3, -0.25) is 9.89 Å². The number of para-hydroxylation sites is 1. The number of H-pyrrole nitrogens is 1. The van der Waals surface area contributed by atoms with Crippen molar-refractivity contribution in [1.82, 2.24) is 25.4 Å². The third kappa shape index (κ3) is 3.08. The first-order chi connectivity index (χ1) is 13.3. The number of thiazole rings is 1. The summed E-state index contributed by atoms with van der Waals surface area (Å²) in [7, 11) is 0. The van der Waals surface area contributed by atoms with Crippen molar-refractivity contribution >= 4 is 32.6 Å². The number of carbonyl (C=O) groups is 1. The van der Waals surface area contributed by atoms with Crippen LogP contribution >= 0.6 is 11.3 Å². The zero-order valence-electron chi connectivity index (χ0n) is 15.0. The molecule has 4 heterocycles. The fourth-order valence-electron chi connectivity index (χ4n) is 3.95. The lowest BCUT2D eigenvalue weighted by molar-refractivity contribution is 0.0745. The summed E-state index contributed by atoms with van der Waals surface area (Å²) < 4.78 is 1.21. The fourth-order valence-corrected chi connectivity index (χ4v) is 4.96. The first-order valence-electron chi connectivity index (χ1n) is 9.43. The second-order valence-corrected chi connectivity index (χ2v) is 8.14. The Labute approximate surface area is 161 Å². The van der Waals surface area contributed by atoms with E-state index in [1.807, 2.05) is 23.1 Å². The number of nitrogens with one attached hydrogen (secondary N) is 2. The van der Waals surface area contributed by atoms with E-state index in [2.05, 4.69) is 26.5 Å². The molecule has 1 atom stereocenters. The Morgan fingerprint density at radius 3 is 2.81 bits per heavy atom. The second kappa shape index (κ2) is 6.94. The molecule has 7 nitrogen and oxygen atoms in total. The summed E-state index contributed by atoms with van der Waals surface area (Å²) in [4.78, 5) is 22.0. The van der Waals surface area contributed by atoms with Crippen LogP contribution < -0.4 is 10.2 Å². The van der Waals surface area contributed by atoms with E-state index in [1.165, 1.54) is 4.70 Å². The summed E-state index contributed by atoms with van der Waals surface area (Å²) in [5.41, 5.74) is 2.76. The maximum atomic E-state index is 13.0. The van der Waals surface area contributed by atoms with Gasteiger partial charge >= 0.3 is 0 Å². The third-order valence-corrected chi connectivity index (χ3v) is 6.58. The van der Waals surface area contributed by atoms with Gasteiger partial charge in [-0.15, -0.1) is 0 Å². The van der Waals surface area contributed by atoms with Crippen LogP contribution in [-0.4, -0.2) is 65.3 Å². The summed E-state index contributed by atoms with van der Waals surface area (Å²) in [6, 6.07) is 8.22. The van der Waals surface area contributed by atoms with Crippen LogP contribution in [0.3, 0.4) is 0 Å². The highest BCUT2D eigenvalue weighted by Crippen LogP contribution is 2.30. The lowest BCUT2D eigenvalue weighted by Gasteiger charge is -2.34. The van der Waals surface area contributed by atoms with Crippen LogP contribution in [0.2, 0.25) is 0 Å². The average molecular weight is 382 g/mol. The molecule has 5 rings (SSSR count). The highest BCUT2D eigenvalue weighted by molar-refractivity contribution is 7.22. The molecule has 2 fully saturated rings. The molecule has 2 saturated heterocycles. The lowest BCUT2D eigenvalue weighted by atomic mass is 10.0. The number of aromatic amines is 1. The van der Waals surface area contributed by atoms with Crippen molar-refractivity contribution in [3.63, 3.8) is 0 Å². The standard InChI is InChI=1S/C19H22N6OS/c26-18(14-12-21-23-17(14)13-5-6-20-11-13)24-7-9-25(10-8-24)19-22-15-3-1-2-4-16(15)27-19/h1-4,12-13,20H,5-11H2,(H,21,23). The molecule has 2 N–H and O–H groups in total. The van der Waals surface area contributed by atoms with Gasteiger partial charge in [0.15, 0.2) is 5.13 Å². The number of carbonyl (C=O) groups excluding carboxylic acids is 1. The smallest absolute Gasteiger partial charge is 0.257 e. The van der Waals surface area contributed by atoms with Crippen molar-refractivity contribution in [3.05, 3.63) is 41.7 Å². The van der Waals surface area contributed by atoms with Gasteiger partial charge in [0.1, 0.15) is 0 Å². The number of piperazine rings is 1. The van der Waals surface area contributed by atoms with E-state index >= 15 is 0 Å². The Kier molecular flexibility index (Phi) is 4.29. The Hall–Kier alpha value is -2.45. The van der Waals surface area contributed by atoms with E-state index in [0.717, 1.165) is 54.5 Å². The molecule has 1 aromatic carbocycles. The molecule has 0 spiro atoms. The van der Waals surface area contributed by atoms with E-state index in [-0.39, 0.29) is 5.91 Å². The minimum atomic E-state index is 0.0922. The molecule has 0 radical (unpaired) electrons. The molecule has 2 aliphatic heterocycles. The molecular weight excluding hydrogens is 360 g/mol. The quantitative estimate of drug-likeness (QED) is 0.725. The normalized spacial score (nSPS) is 20.5. The Morgan fingerprint density at radius 1 is 1.19 bits per heavy atom. The van der Waals surface area contributed by atoms with Crippen molar-refractivity contribution in [3.8, 4) is 0 Å². The van der Waals surface area contributed by atoms with Crippen LogP contribution in [0.5, 0.6) is 0 Å². The van der Waals surface area contributed by atoms with Gasteiger partial charge in [-0.25, -0.2) is 4.98 Å². The molecular formula is C19H22N6OS. The van der Waals surface area contributed by atoms with Crippen molar-refractivity contribution in [2.75, 3.05) is 44.2 Å². The number of amides is 1. The SMILES string of the molecule is O=C(c1cn[nH]c1C1CCNC1)N1CCN(c2nc3ccccc3s2)CC1. The summed E-state index contributed by atoms with van der Waals surface area (Å²) in [5.74, 6) is 0.449. The first kappa shape index (κ1) is 16.7. The molecule has 0 bridgehead atoms. The number of benzene rings is 1. The maximum absolute atomic E-state index is 13.0. The van der Waals surface area contributed by atoms with Crippen LogP contribution in [0.25, 0.3) is 10.2 Å². The van der Waals surface area contributed by atoms with E-state index in [4.69, 9.17) is 4.98 Å². The molecule has 0 saturated carbocycles. The largest absolute Gasteiger partial charge is 0.345 e. The van der Waals surface area contributed by atoms with Crippen molar-refractivity contribution in [1.29, 1.82) is 0 Å². The van der Waals surface area contributed by atoms with Gasteiger partial charge in [0.25, 0.3) is 5.91 Å². The predicted molar refractivity (Wildman–Crippen MR) is 107 cm³/mol. The van der Waals surface area contributed by atoms with E-state index in [9.17, 15) is 4.79 Å². The maximum Gasteiger partial charge on any atom is 0.257 e. The predicted octanol–water partition coefficient (Wildman–Crippen LogP) is 2.06. The van der Waals surface area contributed by atoms with Crippen LogP contribution in [0, 0.1) is 0 Å². The highest BCUT2D eigenvalue weighted by Gasteiger charge is 2.29. The third-order valence-electron chi connectivity index (χ3n) is 5.49. The molecule has 27 heavy (non-hydrogen) atoms. The van der Waals surface area contributed by atoms with Gasteiger partial charge in [0.05, 0.1) is 27.7 Å². The minimum absolute atomic E-state index is 0.0922. The molecule has 140 valence electrons.